The maximum atomic E-state index is 13.2. The predicted octanol–water partition coefficient (Wildman–Crippen LogP) is 4.16. The van der Waals surface area contributed by atoms with Gasteiger partial charge in [0.25, 0.3) is 5.91 Å². The lowest BCUT2D eigenvalue weighted by atomic mass is 10.1. The summed E-state index contributed by atoms with van der Waals surface area (Å²) in [7, 11) is 3.18. The number of likely N-dealkylation sites (N-methyl/N-ethyl adjacent to an activating group) is 1. The van der Waals surface area contributed by atoms with E-state index in [1.165, 1.54) is 23.1 Å². The first-order valence-corrected chi connectivity index (χ1v) is 8.20. The van der Waals surface area contributed by atoms with E-state index in [0.717, 1.165) is 5.56 Å². The number of ether oxygens (including phenoxy) is 1. The first-order chi connectivity index (χ1) is 11.9. The summed E-state index contributed by atoms with van der Waals surface area (Å²) >= 11 is 3.41. The van der Waals surface area contributed by atoms with Crippen molar-refractivity contribution in [2.75, 3.05) is 14.1 Å². The smallest absolute Gasteiger partial charge is 0.264 e. The van der Waals surface area contributed by atoms with Crippen LogP contribution in [0.2, 0.25) is 0 Å². The second-order valence-corrected chi connectivity index (χ2v) is 6.33. The first kappa shape index (κ1) is 18.7. The summed E-state index contributed by atoms with van der Waals surface area (Å²) in [4.78, 5) is 13.2. The van der Waals surface area contributed by atoms with Gasteiger partial charge in [0.05, 0.1) is 4.47 Å². The molecule has 4 nitrogen and oxygen atoms in total. The average molecular weight is 403 g/mol. The van der Waals surface area contributed by atoms with Crippen molar-refractivity contribution in [2.45, 2.75) is 6.61 Å². The molecule has 2 aromatic carbocycles. The van der Waals surface area contributed by atoms with E-state index in [-0.39, 0.29) is 23.9 Å². The number of carbonyl (C=O) groups excluding carboxylic acids is 1. The normalized spacial score (nSPS) is 10.9. The highest BCUT2D eigenvalue weighted by Gasteiger charge is 2.11. The van der Waals surface area contributed by atoms with Crippen LogP contribution in [0.15, 0.2) is 52.5 Å². The molecule has 0 saturated carbocycles. The minimum Gasteiger partial charge on any atom is -0.488 e. The van der Waals surface area contributed by atoms with Gasteiger partial charge in [0.15, 0.2) is 0 Å². The first-order valence-electron chi connectivity index (χ1n) is 7.41. The van der Waals surface area contributed by atoms with Gasteiger partial charge in [0.2, 0.25) is 0 Å². The SMILES string of the molecule is CN(C)C(=O)/C(C#N)=C\c1ccc(OCc2cccc(F)c2)c(Br)c1. The minimum atomic E-state index is -0.356. The van der Waals surface area contributed by atoms with Gasteiger partial charge in [0.1, 0.15) is 29.8 Å². The molecule has 0 N–H and O–H groups in total. The summed E-state index contributed by atoms with van der Waals surface area (Å²) in [6.45, 7) is 0.230. The number of nitriles is 1. The van der Waals surface area contributed by atoms with Crippen molar-refractivity contribution in [3.05, 3.63) is 69.5 Å². The third-order valence-electron chi connectivity index (χ3n) is 3.31. The lowest BCUT2D eigenvalue weighted by Crippen LogP contribution is -2.22. The molecule has 6 heteroatoms. The molecule has 128 valence electrons. The van der Waals surface area contributed by atoms with Gasteiger partial charge in [-0.3, -0.25) is 4.79 Å². The van der Waals surface area contributed by atoms with E-state index in [0.29, 0.717) is 15.8 Å². The summed E-state index contributed by atoms with van der Waals surface area (Å²) in [5, 5.41) is 9.13. The molecule has 2 aromatic rings. The van der Waals surface area contributed by atoms with Crippen LogP contribution in [0.25, 0.3) is 6.08 Å². The molecule has 0 saturated heterocycles. The van der Waals surface area contributed by atoms with Gasteiger partial charge in [-0.25, -0.2) is 4.39 Å². The molecule has 25 heavy (non-hydrogen) atoms. The molecule has 0 aliphatic carbocycles. The topological polar surface area (TPSA) is 53.3 Å². The Labute approximate surface area is 154 Å². The molecule has 0 aliphatic rings. The van der Waals surface area contributed by atoms with Crippen LogP contribution in [0.4, 0.5) is 4.39 Å². The molecular formula is C19H16BrFN2O2. The van der Waals surface area contributed by atoms with Gasteiger partial charge in [0, 0.05) is 14.1 Å². The highest BCUT2D eigenvalue weighted by atomic mass is 79.9. The second-order valence-electron chi connectivity index (χ2n) is 5.48. The van der Waals surface area contributed by atoms with E-state index in [9.17, 15) is 9.18 Å². The number of carbonyl (C=O) groups is 1. The third-order valence-corrected chi connectivity index (χ3v) is 3.93. The highest BCUT2D eigenvalue weighted by molar-refractivity contribution is 9.10. The molecular weight excluding hydrogens is 387 g/mol. The van der Waals surface area contributed by atoms with Gasteiger partial charge in [-0.1, -0.05) is 18.2 Å². The summed E-state index contributed by atoms with van der Waals surface area (Å²) in [6.07, 6.45) is 1.52. The summed E-state index contributed by atoms with van der Waals surface area (Å²) in [5.74, 6) is -0.0841. The molecule has 0 aromatic heterocycles. The van der Waals surface area contributed by atoms with Crippen LogP contribution < -0.4 is 4.74 Å². The van der Waals surface area contributed by atoms with Gasteiger partial charge in [-0.05, 0) is 57.4 Å². The van der Waals surface area contributed by atoms with Crippen molar-refractivity contribution in [3.63, 3.8) is 0 Å². The van der Waals surface area contributed by atoms with Crippen LogP contribution >= 0.6 is 15.9 Å². The Morgan fingerprint density at radius 2 is 2.08 bits per heavy atom. The fourth-order valence-electron chi connectivity index (χ4n) is 2.06. The molecule has 0 heterocycles. The van der Waals surface area contributed by atoms with Gasteiger partial charge in [-0.2, -0.15) is 5.26 Å². The van der Waals surface area contributed by atoms with Crippen LogP contribution in [-0.2, 0) is 11.4 Å². The van der Waals surface area contributed by atoms with Crippen molar-refractivity contribution in [2.24, 2.45) is 0 Å². The Hall–Kier alpha value is -2.65. The van der Waals surface area contributed by atoms with E-state index in [4.69, 9.17) is 10.00 Å². The van der Waals surface area contributed by atoms with E-state index >= 15 is 0 Å². The van der Waals surface area contributed by atoms with Gasteiger partial charge < -0.3 is 9.64 Å². The van der Waals surface area contributed by atoms with Crippen molar-refractivity contribution < 1.29 is 13.9 Å². The molecule has 0 radical (unpaired) electrons. The third kappa shape index (κ3) is 5.16. The molecule has 2 rings (SSSR count). The quantitative estimate of drug-likeness (QED) is 0.557. The number of hydrogen-bond donors (Lipinski definition) is 0. The summed E-state index contributed by atoms with van der Waals surface area (Å²) in [5.41, 5.74) is 1.46. The van der Waals surface area contributed by atoms with Crippen molar-refractivity contribution in [1.82, 2.24) is 4.90 Å². The molecule has 0 atom stereocenters. The van der Waals surface area contributed by atoms with E-state index in [1.807, 2.05) is 6.07 Å². The number of amides is 1. The minimum absolute atomic E-state index is 0.0466. The van der Waals surface area contributed by atoms with Crippen LogP contribution in [0, 0.1) is 17.1 Å². The number of halogens is 2. The molecule has 0 bridgehead atoms. The lowest BCUT2D eigenvalue weighted by molar-refractivity contribution is -0.124. The van der Waals surface area contributed by atoms with E-state index < -0.39 is 0 Å². The zero-order chi connectivity index (χ0) is 18.4. The Bertz CT molecular complexity index is 857. The number of benzene rings is 2. The standard InChI is InChI=1S/C19H16BrFN2O2/c1-23(2)19(24)15(11-22)8-13-6-7-18(17(20)10-13)25-12-14-4-3-5-16(21)9-14/h3-10H,12H2,1-2H3/b15-8-. The Kier molecular flexibility index (Phi) is 6.31. The molecule has 0 fully saturated rings. The monoisotopic (exact) mass is 402 g/mol. The lowest BCUT2D eigenvalue weighted by Gasteiger charge is -2.10. The van der Waals surface area contributed by atoms with E-state index in [2.05, 4.69) is 15.9 Å². The van der Waals surface area contributed by atoms with Crippen LogP contribution in [-0.4, -0.2) is 24.9 Å². The highest BCUT2D eigenvalue weighted by Crippen LogP contribution is 2.28. The van der Waals surface area contributed by atoms with Crippen LogP contribution in [0.1, 0.15) is 11.1 Å². The van der Waals surface area contributed by atoms with Crippen molar-refractivity contribution in [3.8, 4) is 11.8 Å². The van der Waals surface area contributed by atoms with Crippen LogP contribution in [0.5, 0.6) is 5.75 Å². The summed E-state index contributed by atoms with van der Waals surface area (Å²) in [6, 6.07) is 13.3. The van der Waals surface area contributed by atoms with Crippen LogP contribution in [0.3, 0.4) is 0 Å². The Morgan fingerprint density at radius 1 is 1.32 bits per heavy atom. The second kappa shape index (κ2) is 8.45. The molecule has 1 amide bonds. The van der Waals surface area contributed by atoms with Crippen molar-refractivity contribution >= 4 is 27.9 Å². The largest absolute Gasteiger partial charge is 0.488 e. The molecule has 0 spiro atoms. The molecule has 0 unspecified atom stereocenters. The Morgan fingerprint density at radius 3 is 2.68 bits per heavy atom. The van der Waals surface area contributed by atoms with Crippen molar-refractivity contribution in [1.29, 1.82) is 5.26 Å². The zero-order valence-electron chi connectivity index (χ0n) is 13.8. The predicted molar refractivity (Wildman–Crippen MR) is 97.2 cm³/mol. The van der Waals surface area contributed by atoms with E-state index in [1.54, 1.807) is 44.4 Å². The van der Waals surface area contributed by atoms with Gasteiger partial charge >= 0.3 is 0 Å². The number of rotatable bonds is 5. The fraction of sp³-hybridized carbons (Fsp3) is 0.158. The maximum Gasteiger partial charge on any atom is 0.264 e. The summed E-state index contributed by atoms with van der Waals surface area (Å²) < 4.78 is 19.5. The Balaban J connectivity index is 2.15. The maximum absolute atomic E-state index is 13.2. The fourth-order valence-corrected chi connectivity index (χ4v) is 2.57. The average Bonchev–Trinajstić information content (AvgIpc) is 2.58. The number of hydrogen-bond acceptors (Lipinski definition) is 3. The molecule has 0 aliphatic heterocycles. The zero-order valence-corrected chi connectivity index (χ0v) is 15.4. The number of nitrogens with zero attached hydrogens (tertiary/aromatic N) is 2. The van der Waals surface area contributed by atoms with Gasteiger partial charge in [-0.15, -0.1) is 0 Å².